The molecule has 34 heavy (non-hydrogen) atoms. The first-order valence-electron chi connectivity index (χ1n) is 13.5. The first-order chi connectivity index (χ1) is 16.4. The number of piperidine rings is 2. The van der Waals surface area contributed by atoms with E-state index in [0.29, 0.717) is 12.5 Å². The molecular weight excluding hydrogens is 426 g/mol. The molecule has 1 aromatic carbocycles. The Hall–Kier alpha value is -1.88. The van der Waals surface area contributed by atoms with Gasteiger partial charge in [0.15, 0.2) is 0 Å². The average Bonchev–Trinajstić information content (AvgIpc) is 2.85. The van der Waals surface area contributed by atoms with Gasteiger partial charge in [0.25, 0.3) is 0 Å². The highest BCUT2D eigenvalue weighted by molar-refractivity contribution is 5.88. The summed E-state index contributed by atoms with van der Waals surface area (Å²) in [6, 6.07) is 7.10. The normalized spacial score (nSPS) is 35.9. The maximum Gasteiger partial charge on any atom is 0.318 e. The SMILES string of the molecule is CCCCCC(=O)OC(=O)C1C[C@@]23CCCC[C@]24CC1(CC)N(C)C3Cc1ccc(OC)cc14. The Kier molecular flexibility index (Phi) is 6.07. The van der Waals surface area contributed by atoms with Crippen LogP contribution < -0.4 is 4.74 Å². The van der Waals surface area contributed by atoms with Crippen molar-refractivity contribution in [2.75, 3.05) is 14.2 Å². The molecule has 1 aromatic rings. The molecule has 6 rings (SSSR count). The van der Waals surface area contributed by atoms with Crippen molar-refractivity contribution in [3.8, 4) is 5.75 Å². The number of esters is 2. The summed E-state index contributed by atoms with van der Waals surface area (Å²) in [4.78, 5) is 28.6. The predicted molar refractivity (Wildman–Crippen MR) is 132 cm³/mol. The first-order valence-corrected chi connectivity index (χ1v) is 13.5. The smallest absolute Gasteiger partial charge is 0.318 e. The van der Waals surface area contributed by atoms with Gasteiger partial charge in [0, 0.05) is 23.4 Å². The van der Waals surface area contributed by atoms with Gasteiger partial charge in [0.2, 0.25) is 0 Å². The molecule has 3 unspecified atom stereocenters. The van der Waals surface area contributed by atoms with Crippen molar-refractivity contribution in [1.82, 2.24) is 4.90 Å². The monoisotopic (exact) mass is 467 g/mol. The van der Waals surface area contributed by atoms with Crippen molar-refractivity contribution in [2.24, 2.45) is 11.3 Å². The second kappa shape index (κ2) is 8.65. The highest BCUT2D eigenvalue weighted by atomic mass is 16.6. The Balaban J connectivity index is 1.54. The van der Waals surface area contributed by atoms with Crippen molar-refractivity contribution in [3.63, 3.8) is 0 Å². The molecule has 5 nitrogen and oxygen atoms in total. The fourth-order valence-electron chi connectivity index (χ4n) is 8.81. The third kappa shape index (κ3) is 3.14. The van der Waals surface area contributed by atoms with E-state index < -0.39 is 0 Å². The van der Waals surface area contributed by atoms with Crippen molar-refractivity contribution in [1.29, 1.82) is 0 Å². The molecule has 0 N–H and O–H groups in total. The minimum absolute atomic E-state index is 0.0469. The number of hydrogen-bond donors (Lipinski definition) is 0. The molecule has 0 aromatic heterocycles. The van der Waals surface area contributed by atoms with Crippen LogP contribution in [0.1, 0.15) is 95.6 Å². The Bertz CT molecular complexity index is 975. The zero-order chi connectivity index (χ0) is 24.1. The number of hydrogen-bond acceptors (Lipinski definition) is 5. The Morgan fingerprint density at radius 1 is 1.15 bits per heavy atom. The predicted octanol–water partition coefficient (Wildman–Crippen LogP) is 5.57. The van der Waals surface area contributed by atoms with Gasteiger partial charge in [-0.25, -0.2) is 0 Å². The number of nitrogens with zero attached hydrogens (tertiary/aromatic N) is 1. The lowest BCUT2D eigenvalue weighted by Crippen LogP contribution is -2.80. The van der Waals surface area contributed by atoms with Gasteiger partial charge in [-0.2, -0.15) is 0 Å². The molecule has 5 heteroatoms. The van der Waals surface area contributed by atoms with Crippen LogP contribution in [0.5, 0.6) is 5.75 Å². The van der Waals surface area contributed by atoms with E-state index in [0.717, 1.165) is 57.1 Å². The number of benzene rings is 1. The minimum Gasteiger partial charge on any atom is -0.497 e. The quantitative estimate of drug-likeness (QED) is 0.298. The van der Waals surface area contributed by atoms with E-state index >= 15 is 0 Å². The van der Waals surface area contributed by atoms with Gasteiger partial charge < -0.3 is 9.47 Å². The first kappa shape index (κ1) is 23.8. The topological polar surface area (TPSA) is 55.8 Å². The van der Waals surface area contributed by atoms with Crippen LogP contribution in [0.2, 0.25) is 0 Å². The number of unbranched alkanes of at least 4 members (excludes halogenated alkanes) is 2. The second-order valence-electron chi connectivity index (χ2n) is 11.4. The molecule has 3 aliphatic carbocycles. The summed E-state index contributed by atoms with van der Waals surface area (Å²) in [6.45, 7) is 4.33. The zero-order valence-corrected chi connectivity index (χ0v) is 21.5. The van der Waals surface area contributed by atoms with Gasteiger partial charge in [-0.15, -0.1) is 0 Å². The Morgan fingerprint density at radius 2 is 1.94 bits per heavy atom. The summed E-state index contributed by atoms with van der Waals surface area (Å²) in [7, 11) is 3.99. The van der Waals surface area contributed by atoms with Crippen LogP contribution in [0, 0.1) is 11.3 Å². The van der Waals surface area contributed by atoms with Crippen LogP contribution >= 0.6 is 0 Å². The molecule has 2 heterocycles. The molecule has 4 bridgehead atoms. The zero-order valence-electron chi connectivity index (χ0n) is 21.5. The van der Waals surface area contributed by atoms with E-state index in [-0.39, 0.29) is 34.2 Å². The van der Waals surface area contributed by atoms with E-state index in [1.54, 1.807) is 7.11 Å². The van der Waals surface area contributed by atoms with E-state index in [1.807, 2.05) is 0 Å². The van der Waals surface area contributed by atoms with E-state index in [2.05, 4.69) is 44.0 Å². The van der Waals surface area contributed by atoms with Gasteiger partial charge in [0.05, 0.1) is 13.0 Å². The lowest BCUT2D eigenvalue weighted by atomic mass is 9.35. The van der Waals surface area contributed by atoms with Crippen molar-refractivity contribution >= 4 is 11.9 Å². The third-order valence-corrected chi connectivity index (χ3v) is 10.4. The van der Waals surface area contributed by atoms with Gasteiger partial charge in [-0.3, -0.25) is 14.5 Å². The number of carbonyl (C=O) groups excluding carboxylic acids is 2. The molecule has 2 saturated carbocycles. The molecule has 0 amide bonds. The molecule has 5 aliphatic rings. The highest BCUT2D eigenvalue weighted by Gasteiger charge is 2.74. The molecule has 5 atom stereocenters. The fourth-order valence-corrected chi connectivity index (χ4v) is 8.81. The standard InChI is InChI=1S/C29H41NO4/c1-5-7-8-11-25(31)34-26(32)23-18-27-14-9-10-15-28(27)19-29(23,6-2)30(3)24(27)16-20-12-13-21(33-4)17-22(20)28/h12-13,17,23-24H,5-11,14-16,18-19H2,1-4H3/t23?,24?,27-,28-,29?/m1/s1. The summed E-state index contributed by atoms with van der Waals surface area (Å²) in [5, 5.41) is 0. The lowest BCUT2D eigenvalue weighted by molar-refractivity contribution is -0.232. The van der Waals surface area contributed by atoms with Crippen molar-refractivity contribution < 1.29 is 19.1 Å². The van der Waals surface area contributed by atoms with Crippen LogP contribution in [0.15, 0.2) is 18.2 Å². The molecule has 1 spiro atoms. The number of carbonyl (C=O) groups is 2. The summed E-state index contributed by atoms with van der Waals surface area (Å²) < 4.78 is 11.2. The number of ether oxygens (including phenoxy) is 2. The number of methoxy groups -OCH3 is 1. The second-order valence-corrected chi connectivity index (χ2v) is 11.4. The van der Waals surface area contributed by atoms with Crippen LogP contribution in [-0.4, -0.2) is 42.6 Å². The molecule has 0 radical (unpaired) electrons. The molecule has 2 saturated heterocycles. The molecule has 186 valence electrons. The minimum atomic E-state index is -0.347. The van der Waals surface area contributed by atoms with Crippen LogP contribution in [0.3, 0.4) is 0 Å². The van der Waals surface area contributed by atoms with Gasteiger partial charge in [-0.05, 0) is 80.7 Å². The van der Waals surface area contributed by atoms with Crippen molar-refractivity contribution in [2.45, 2.75) is 108 Å². The molecule has 2 aliphatic heterocycles. The average molecular weight is 468 g/mol. The van der Waals surface area contributed by atoms with Gasteiger partial charge >= 0.3 is 11.9 Å². The van der Waals surface area contributed by atoms with Gasteiger partial charge in [-0.1, -0.05) is 45.6 Å². The Labute approximate surface area is 204 Å². The summed E-state index contributed by atoms with van der Waals surface area (Å²) in [5.41, 5.74) is 2.77. The number of rotatable bonds is 7. The van der Waals surface area contributed by atoms with Crippen LogP contribution in [0.25, 0.3) is 0 Å². The Morgan fingerprint density at radius 3 is 2.68 bits per heavy atom. The summed E-state index contributed by atoms with van der Waals surface area (Å²) in [6.07, 6.45) is 11.7. The molecular formula is C29H41NO4. The highest BCUT2D eigenvalue weighted by Crippen LogP contribution is 2.73. The largest absolute Gasteiger partial charge is 0.497 e. The summed E-state index contributed by atoms with van der Waals surface area (Å²) >= 11 is 0. The van der Waals surface area contributed by atoms with E-state index in [4.69, 9.17) is 9.47 Å². The van der Waals surface area contributed by atoms with E-state index in [1.165, 1.54) is 30.4 Å². The van der Waals surface area contributed by atoms with Crippen LogP contribution in [-0.2, 0) is 26.2 Å². The fraction of sp³-hybridized carbons (Fsp3) is 0.724. The van der Waals surface area contributed by atoms with Gasteiger partial charge in [0.1, 0.15) is 5.75 Å². The third-order valence-electron chi connectivity index (χ3n) is 10.4. The van der Waals surface area contributed by atoms with Crippen molar-refractivity contribution in [3.05, 3.63) is 29.3 Å². The molecule has 4 fully saturated rings. The van der Waals surface area contributed by atoms with E-state index in [9.17, 15) is 9.59 Å². The van der Waals surface area contributed by atoms with Crippen LogP contribution in [0.4, 0.5) is 0 Å². The maximum atomic E-state index is 13.6. The maximum absolute atomic E-state index is 13.6. The number of likely N-dealkylation sites (N-methyl/N-ethyl adjacent to an activating group) is 1. The summed E-state index contributed by atoms with van der Waals surface area (Å²) in [5.74, 6) is 0.0621. The number of fused-ring (bicyclic) bond motifs is 2. The lowest BCUT2D eigenvalue weighted by Gasteiger charge is -2.76.